The molecule has 1 aromatic rings. The second-order valence-electron chi connectivity index (χ2n) is 2.85. The van der Waals surface area contributed by atoms with E-state index in [0.717, 1.165) is 10.0 Å². The molecule has 2 N–H and O–H groups in total. The van der Waals surface area contributed by atoms with Crippen LogP contribution in [0.15, 0.2) is 22.7 Å². The Morgan fingerprint density at radius 2 is 2.36 bits per heavy atom. The molecule has 1 aromatic carbocycles. The van der Waals surface area contributed by atoms with Crippen LogP contribution in [0.25, 0.3) is 0 Å². The predicted octanol–water partition coefficient (Wildman–Crippen LogP) is 2.20. The second kappa shape index (κ2) is 4.99. The van der Waals surface area contributed by atoms with Crippen LogP contribution in [0.2, 0.25) is 0 Å². The number of halogens is 1. The highest BCUT2D eigenvalue weighted by Crippen LogP contribution is 2.22. The SMILES string of the molecule is CC(C#N)Oc1ccc(Br)c(CN)c1. The smallest absolute Gasteiger partial charge is 0.181 e. The summed E-state index contributed by atoms with van der Waals surface area (Å²) in [6.45, 7) is 2.14. The van der Waals surface area contributed by atoms with Crippen LogP contribution in [-0.4, -0.2) is 6.10 Å². The number of nitriles is 1. The number of ether oxygens (including phenoxy) is 1. The van der Waals surface area contributed by atoms with Crippen LogP contribution < -0.4 is 10.5 Å². The summed E-state index contributed by atoms with van der Waals surface area (Å²) < 4.78 is 6.28. The van der Waals surface area contributed by atoms with Gasteiger partial charge in [-0.3, -0.25) is 0 Å². The van der Waals surface area contributed by atoms with Crippen LogP contribution in [0.4, 0.5) is 0 Å². The number of hydrogen-bond acceptors (Lipinski definition) is 3. The molecular weight excluding hydrogens is 244 g/mol. The van der Waals surface area contributed by atoms with Crippen LogP contribution in [0.3, 0.4) is 0 Å². The van der Waals surface area contributed by atoms with Crippen LogP contribution in [0.1, 0.15) is 12.5 Å². The van der Waals surface area contributed by atoms with E-state index in [1.165, 1.54) is 0 Å². The first-order chi connectivity index (χ1) is 6.67. The number of nitrogens with zero attached hydrogens (tertiary/aromatic N) is 1. The maximum atomic E-state index is 8.57. The van der Waals surface area contributed by atoms with Crippen molar-refractivity contribution < 1.29 is 4.74 Å². The highest BCUT2D eigenvalue weighted by atomic mass is 79.9. The Morgan fingerprint density at radius 3 is 2.93 bits per heavy atom. The van der Waals surface area contributed by atoms with Gasteiger partial charge in [0.1, 0.15) is 11.8 Å². The number of hydrogen-bond donors (Lipinski definition) is 1. The monoisotopic (exact) mass is 254 g/mol. The molecule has 0 spiro atoms. The van der Waals surface area contributed by atoms with E-state index >= 15 is 0 Å². The Balaban J connectivity index is 2.85. The Morgan fingerprint density at radius 1 is 1.64 bits per heavy atom. The first-order valence-corrected chi connectivity index (χ1v) is 5.01. The molecule has 3 nitrogen and oxygen atoms in total. The van der Waals surface area contributed by atoms with E-state index in [1.807, 2.05) is 18.2 Å². The summed E-state index contributed by atoms with van der Waals surface area (Å²) in [6, 6.07) is 7.50. The zero-order chi connectivity index (χ0) is 10.6. The Labute approximate surface area is 91.6 Å². The molecule has 1 atom stereocenters. The van der Waals surface area contributed by atoms with Crippen molar-refractivity contribution in [2.24, 2.45) is 5.73 Å². The maximum Gasteiger partial charge on any atom is 0.181 e. The highest BCUT2D eigenvalue weighted by molar-refractivity contribution is 9.10. The Bertz CT molecular complexity index is 360. The van der Waals surface area contributed by atoms with Gasteiger partial charge < -0.3 is 10.5 Å². The molecule has 0 bridgehead atoms. The van der Waals surface area contributed by atoms with Crippen molar-refractivity contribution in [3.05, 3.63) is 28.2 Å². The largest absolute Gasteiger partial charge is 0.476 e. The molecule has 1 unspecified atom stereocenters. The minimum Gasteiger partial charge on any atom is -0.476 e. The van der Waals surface area contributed by atoms with E-state index < -0.39 is 6.10 Å². The summed E-state index contributed by atoms with van der Waals surface area (Å²) in [4.78, 5) is 0. The molecule has 0 amide bonds. The molecule has 0 saturated heterocycles. The van der Waals surface area contributed by atoms with Crippen molar-refractivity contribution in [2.45, 2.75) is 19.6 Å². The molecule has 0 heterocycles. The summed E-state index contributed by atoms with van der Waals surface area (Å²) in [5, 5.41) is 8.57. The highest BCUT2D eigenvalue weighted by Gasteiger charge is 2.04. The fourth-order valence-electron chi connectivity index (χ4n) is 1.01. The predicted molar refractivity (Wildman–Crippen MR) is 57.7 cm³/mol. The third-order valence-electron chi connectivity index (χ3n) is 1.73. The Hall–Kier alpha value is -1.05. The molecule has 14 heavy (non-hydrogen) atoms. The van der Waals surface area contributed by atoms with Gasteiger partial charge in [-0.2, -0.15) is 5.26 Å². The van der Waals surface area contributed by atoms with Gasteiger partial charge in [-0.25, -0.2) is 0 Å². The van der Waals surface area contributed by atoms with E-state index in [0.29, 0.717) is 12.3 Å². The van der Waals surface area contributed by atoms with Gasteiger partial charge in [-0.1, -0.05) is 15.9 Å². The summed E-state index contributed by atoms with van der Waals surface area (Å²) >= 11 is 3.37. The quantitative estimate of drug-likeness (QED) is 0.900. The average Bonchev–Trinajstić information content (AvgIpc) is 2.20. The Kier molecular flexibility index (Phi) is 3.93. The van der Waals surface area contributed by atoms with Gasteiger partial charge in [-0.05, 0) is 30.7 Å². The summed E-state index contributed by atoms with van der Waals surface area (Å²) in [5.74, 6) is 0.669. The minimum absolute atomic E-state index is 0.443. The summed E-state index contributed by atoms with van der Waals surface area (Å²) in [6.07, 6.45) is -0.443. The maximum absolute atomic E-state index is 8.57. The van der Waals surface area contributed by atoms with Gasteiger partial charge in [-0.15, -0.1) is 0 Å². The number of benzene rings is 1. The van der Waals surface area contributed by atoms with Gasteiger partial charge in [0.15, 0.2) is 6.10 Å². The molecule has 4 heteroatoms. The van der Waals surface area contributed by atoms with Crippen LogP contribution in [0, 0.1) is 11.3 Å². The van der Waals surface area contributed by atoms with Crippen molar-refractivity contribution in [1.82, 2.24) is 0 Å². The molecule has 0 aliphatic rings. The first-order valence-electron chi connectivity index (χ1n) is 4.22. The summed E-state index contributed by atoms with van der Waals surface area (Å²) in [7, 11) is 0. The zero-order valence-electron chi connectivity index (χ0n) is 7.83. The lowest BCUT2D eigenvalue weighted by atomic mass is 10.2. The van der Waals surface area contributed by atoms with Gasteiger partial charge in [0.2, 0.25) is 0 Å². The lowest BCUT2D eigenvalue weighted by molar-refractivity contribution is 0.276. The first kappa shape index (κ1) is 11.0. The topological polar surface area (TPSA) is 59.0 Å². The van der Waals surface area contributed by atoms with Crippen molar-refractivity contribution in [2.75, 3.05) is 0 Å². The van der Waals surface area contributed by atoms with Gasteiger partial charge in [0.05, 0.1) is 0 Å². The van der Waals surface area contributed by atoms with E-state index in [1.54, 1.807) is 13.0 Å². The van der Waals surface area contributed by atoms with Crippen LogP contribution >= 0.6 is 15.9 Å². The molecule has 0 saturated carbocycles. The number of rotatable bonds is 3. The molecule has 0 fully saturated rings. The van der Waals surface area contributed by atoms with E-state index in [-0.39, 0.29) is 0 Å². The van der Waals surface area contributed by atoms with Gasteiger partial charge in [0.25, 0.3) is 0 Å². The normalized spacial score (nSPS) is 11.9. The molecule has 74 valence electrons. The fraction of sp³-hybridized carbons (Fsp3) is 0.300. The molecule has 0 aliphatic carbocycles. The second-order valence-corrected chi connectivity index (χ2v) is 3.70. The van der Waals surface area contributed by atoms with Crippen LogP contribution in [0.5, 0.6) is 5.75 Å². The molecule has 1 rings (SSSR count). The summed E-state index contributed by atoms with van der Waals surface area (Å²) in [5.41, 5.74) is 6.50. The van der Waals surface area contributed by atoms with E-state index in [4.69, 9.17) is 15.7 Å². The molecule has 0 aromatic heterocycles. The molecule has 0 aliphatic heterocycles. The standard InChI is InChI=1S/C10H11BrN2O/c1-7(5-12)14-9-2-3-10(11)8(4-9)6-13/h2-4,7H,6,13H2,1H3. The molecular formula is C10H11BrN2O. The van der Waals surface area contributed by atoms with E-state index in [2.05, 4.69) is 15.9 Å². The minimum atomic E-state index is -0.443. The van der Waals surface area contributed by atoms with Crippen molar-refractivity contribution in [3.63, 3.8) is 0 Å². The third kappa shape index (κ3) is 2.72. The fourth-order valence-corrected chi connectivity index (χ4v) is 1.42. The third-order valence-corrected chi connectivity index (χ3v) is 2.51. The van der Waals surface area contributed by atoms with Crippen molar-refractivity contribution in [1.29, 1.82) is 5.26 Å². The lowest BCUT2D eigenvalue weighted by Gasteiger charge is -2.09. The molecule has 0 radical (unpaired) electrons. The lowest BCUT2D eigenvalue weighted by Crippen LogP contribution is -2.08. The van der Waals surface area contributed by atoms with Crippen molar-refractivity contribution >= 4 is 15.9 Å². The van der Waals surface area contributed by atoms with E-state index in [9.17, 15) is 0 Å². The number of nitrogens with two attached hydrogens (primary N) is 1. The van der Waals surface area contributed by atoms with Gasteiger partial charge in [0, 0.05) is 11.0 Å². The average molecular weight is 255 g/mol. The van der Waals surface area contributed by atoms with Crippen molar-refractivity contribution in [3.8, 4) is 11.8 Å². The van der Waals surface area contributed by atoms with Gasteiger partial charge >= 0.3 is 0 Å². The van der Waals surface area contributed by atoms with Crippen LogP contribution in [-0.2, 0) is 6.54 Å². The zero-order valence-corrected chi connectivity index (χ0v) is 9.41.